The SMILES string of the molecule is CCCC(=O)/C(=C\C(C)Br)C(=O)OCC. The van der Waals surface area contributed by atoms with Crippen LogP contribution in [0.5, 0.6) is 0 Å². The number of halogens is 1. The molecule has 0 rings (SSSR count). The fourth-order valence-electron chi connectivity index (χ4n) is 1.08. The van der Waals surface area contributed by atoms with Gasteiger partial charge in [-0.3, -0.25) is 4.79 Å². The van der Waals surface area contributed by atoms with Gasteiger partial charge in [0.15, 0.2) is 5.78 Å². The monoisotopic (exact) mass is 276 g/mol. The lowest BCUT2D eigenvalue weighted by Crippen LogP contribution is -2.16. The van der Waals surface area contributed by atoms with E-state index in [1.165, 1.54) is 0 Å². The van der Waals surface area contributed by atoms with E-state index in [0.717, 1.165) is 6.42 Å². The minimum absolute atomic E-state index is 0.0160. The maximum Gasteiger partial charge on any atom is 0.341 e. The average Bonchev–Trinajstić information content (AvgIpc) is 2.14. The molecule has 3 nitrogen and oxygen atoms in total. The van der Waals surface area contributed by atoms with Crippen LogP contribution in [0.2, 0.25) is 0 Å². The number of esters is 1. The molecule has 0 spiro atoms. The fraction of sp³-hybridized carbons (Fsp3) is 0.636. The van der Waals surface area contributed by atoms with Crippen molar-refractivity contribution in [3.8, 4) is 0 Å². The van der Waals surface area contributed by atoms with Crippen LogP contribution in [-0.4, -0.2) is 23.2 Å². The lowest BCUT2D eigenvalue weighted by atomic mass is 10.1. The highest BCUT2D eigenvalue weighted by molar-refractivity contribution is 9.09. The van der Waals surface area contributed by atoms with E-state index in [2.05, 4.69) is 15.9 Å². The molecule has 0 aromatic rings. The Labute approximate surface area is 99.0 Å². The molecule has 0 saturated heterocycles. The lowest BCUT2D eigenvalue weighted by Gasteiger charge is -2.06. The van der Waals surface area contributed by atoms with E-state index in [-0.39, 0.29) is 22.8 Å². The third kappa shape index (κ3) is 5.72. The molecular formula is C11H17BrO3. The van der Waals surface area contributed by atoms with Gasteiger partial charge in [0.05, 0.1) is 12.2 Å². The Hall–Kier alpha value is -0.640. The van der Waals surface area contributed by atoms with Crippen LogP contribution in [0.15, 0.2) is 11.6 Å². The number of hydrogen-bond donors (Lipinski definition) is 0. The van der Waals surface area contributed by atoms with Crippen molar-refractivity contribution in [3.63, 3.8) is 0 Å². The van der Waals surface area contributed by atoms with Gasteiger partial charge in [-0.2, -0.15) is 0 Å². The minimum atomic E-state index is -0.526. The summed E-state index contributed by atoms with van der Waals surface area (Å²) in [4.78, 5) is 23.1. The molecule has 0 aliphatic rings. The van der Waals surface area contributed by atoms with Gasteiger partial charge < -0.3 is 4.74 Å². The first-order valence-electron chi connectivity index (χ1n) is 5.09. The van der Waals surface area contributed by atoms with Crippen LogP contribution in [-0.2, 0) is 14.3 Å². The van der Waals surface area contributed by atoms with Crippen LogP contribution in [0.1, 0.15) is 33.6 Å². The molecule has 15 heavy (non-hydrogen) atoms. The largest absolute Gasteiger partial charge is 0.462 e. The van der Waals surface area contributed by atoms with E-state index in [4.69, 9.17) is 4.74 Å². The topological polar surface area (TPSA) is 43.4 Å². The Kier molecular flexibility index (Phi) is 7.30. The van der Waals surface area contributed by atoms with E-state index in [9.17, 15) is 9.59 Å². The van der Waals surface area contributed by atoms with Crippen molar-refractivity contribution in [2.45, 2.75) is 38.4 Å². The van der Waals surface area contributed by atoms with E-state index >= 15 is 0 Å². The Morgan fingerprint density at radius 1 is 1.40 bits per heavy atom. The van der Waals surface area contributed by atoms with E-state index in [1.54, 1.807) is 13.0 Å². The minimum Gasteiger partial charge on any atom is -0.462 e. The summed E-state index contributed by atoms with van der Waals surface area (Å²) in [6.45, 7) is 5.75. The zero-order valence-electron chi connectivity index (χ0n) is 9.38. The van der Waals surface area contributed by atoms with Gasteiger partial charge in [-0.15, -0.1) is 0 Å². The Balaban J connectivity index is 4.73. The summed E-state index contributed by atoms with van der Waals surface area (Å²) >= 11 is 3.28. The van der Waals surface area contributed by atoms with Crippen LogP contribution < -0.4 is 0 Å². The summed E-state index contributed by atoms with van der Waals surface area (Å²) in [5.74, 6) is -0.676. The van der Waals surface area contributed by atoms with Crippen molar-refractivity contribution < 1.29 is 14.3 Å². The molecular weight excluding hydrogens is 260 g/mol. The molecule has 1 unspecified atom stereocenters. The number of ether oxygens (including phenoxy) is 1. The second-order valence-corrected chi connectivity index (χ2v) is 4.60. The second-order valence-electron chi connectivity index (χ2n) is 3.15. The normalized spacial score (nSPS) is 13.5. The van der Waals surface area contributed by atoms with Crippen molar-refractivity contribution in [2.24, 2.45) is 0 Å². The first-order valence-corrected chi connectivity index (χ1v) is 6.00. The smallest absolute Gasteiger partial charge is 0.341 e. The Bertz CT molecular complexity index is 237. The first-order chi connectivity index (χ1) is 7.02. The van der Waals surface area contributed by atoms with Gasteiger partial charge in [0.2, 0.25) is 0 Å². The van der Waals surface area contributed by atoms with Crippen molar-refractivity contribution in [3.05, 3.63) is 11.6 Å². The van der Waals surface area contributed by atoms with E-state index < -0.39 is 5.97 Å². The summed E-state index contributed by atoms with van der Waals surface area (Å²) in [5.41, 5.74) is 0.156. The highest BCUT2D eigenvalue weighted by Gasteiger charge is 2.18. The maximum absolute atomic E-state index is 11.6. The van der Waals surface area contributed by atoms with Crippen molar-refractivity contribution >= 4 is 27.7 Å². The molecule has 0 amide bonds. The number of hydrogen-bond acceptors (Lipinski definition) is 3. The van der Waals surface area contributed by atoms with Gasteiger partial charge in [-0.25, -0.2) is 4.79 Å². The molecule has 0 heterocycles. The molecule has 0 N–H and O–H groups in total. The first kappa shape index (κ1) is 14.4. The van der Waals surface area contributed by atoms with Crippen molar-refractivity contribution in [2.75, 3.05) is 6.61 Å². The molecule has 4 heteroatoms. The number of alkyl halides is 1. The quantitative estimate of drug-likeness (QED) is 0.246. The molecule has 0 aliphatic carbocycles. The van der Waals surface area contributed by atoms with Gasteiger partial charge in [0, 0.05) is 11.2 Å². The number of Topliss-reactive ketones (excluding diaryl/α,β-unsaturated/α-hetero) is 1. The highest BCUT2D eigenvalue weighted by Crippen LogP contribution is 2.10. The predicted octanol–water partition coefficient (Wildman–Crippen LogP) is 2.63. The van der Waals surface area contributed by atoms with Crippen LogP contribution in [0.25, 0.3) is 0 Å². The molecule has 0 aliphatic heterocycles. The predicted molar refractivity (Wildman–Crippen MR) is 63.0 cm³/mol. The standard InChI is InChI=1S/C11H17BrO3/c1-4-6-10(13)9(7-8(3)12)11(14)15-5-2/h7-8H,4-6H2,1-3H3/b9-7+. The zero-order chi connectivity index (χ0) is 11.8. The Morgan fingerprint density at radius 3 is 2.40 bits per heavy atom. The number of carbonyl (C=O) groups excluding carboxylic acids is 2. The number of ketones is 1. The van der Waals surface area contributed by atoms with E-state index in [1.807, 2.05) is 13.8 Å². The van der Waals surface area contributed by atoms with Crippen molar-refractivity contribution in [1.82, 2.24) is 0 Å². The molecule has 0 radical (unpaired) electrons. The molecule has 86 valence electrons. The highest BCUT2D eigenvalue weighted by atomic mass is 79.9. The lowest BCUT2D eigenvalue weighted by molar-refractivity contribution is -0.140. The molecule has 0 saturated carbocycles. The zero-order valence-corrected chi connectivity index (χ0v) is 11.0. The van der Waals surface area contributed by atoms with Crippen LogP contribution >= 0.6 is 15.9 Å². The third-order valence-corrected chi connectivity index (χ3v) is 1.93. The van der Waals surface area contributed by atoms with Gasteiger partial charge >= 0.3 is 5.97 Å². The molecule has 0 aromatic heterocycles. The van der Waals surface area contributed by atoms with Crippen LogP contribution in [0.4, 0.5) is 0 Å². The van der Waals surface area contributed by atoms with Crippen molar-refractivity contribution in [1.29, 1.82) is 0 Å². The summed E-state index contributed by atoms with van der Waals surface area (Å²) in [5, 5.41) is 0. The van der Waals surface area contributed by atoms with Gasteiger partial charge in [0.25, 0.3) is 0 Å². The van der Waals surface area contributed by atoms with Gasteiger partial charge in [-0.1, -0.05) is 28.9 Å². The Morgan fingerprint density at radius 2 is 2.00 bits per heavy atom. The maximum atomic E-state index is 11.6. The summed E-state index contributed by atoms with van der Waals surface area (Å²) in [6, 6.07) is 0. The second kappa shape index (κ2) is 7.63. The van der Waals surface area contributed by atoms with E-state index in [0.29, 0.717) is 6.42 Å². The summed E-state index contributed by atoms with van der Waals surface area (Å²) < 4.78 is 4.82. The van der Waals surface area contributed by atoms with Gasteiger partial charge in [-0.05, 0) is 20.3 Å². The third-order valence-electron chi connectivity index (χ3n) is 1.67. The number of allylic oxidation sites excluding steroid dienone is 1. The summed E-state index contributed by atoms with van der Waals surface area (Å²) in [7, 11) is 0. The molecule has 0 fully saturated rings. The average molecular weight is 277 g/mol. The molecule has 0 bridgehead atoms. The molecule has 0 aromatic carbocycles. The molecule has 1 atom stereocenters. The number of rotatable bonds is 6. The number of carbonyl (C=O) groups is 2. The fourth-order valence-corrected chi connectivity index (χ4v) is 1.34. The summed E-state index contributed by atoms with van der Waals surface area (Å²) in [6.07, 6.45) is 2.70. The van der Waals surface area contributed by atoms with Crippen LogP contribution in [0, 0.1) is 0 Å². The van der Waals surface area contributed by atoms with Gasteiger partial charge in [0.1, 0.15) is 0 Å². The van der Waals surface area contributed by atoms with Crippen LogP contribution in [0.3, 0.4) is 0 Å².